The molecule has 16 heavy (non-hydrogen) atoms. The fraction of sp³-hybridized carbons (Fsp3) is 0.333. The number of carbonyl (C=O) groups excluding carboxylic acids is 2. The van der Waals surface area contributed by atoms with Gasteiger partial charge < -0.3 is 5.73 Å². The Morgan fingerprint density at radius 3 is 1.88 bits per heavy atom. The van der Waals surface area contributed by atoms with Gasteiger partial charge in [0.05, 0.1) is 17.2 Å². The predicted molar refractivity (Wildman–Crippen MR) is 60.1 cm³/mol. The van der Waals surface area contributed by atoms with Crippen molar-refractivity contribution in [2.24, 2.45) is 5.73 Å². The maximum absolute atomic E-state index is 12.0. The van der Waals surface area contributed by atoms with Crippen LogP contribution in [0.4, 0.5) is 0 Å². The zero-order chi connectivity index (χ0) is 11.9. The molecule has 0 unspecified atom stereocenters. The number of imide groups is 1. The van der Waals surface area contributed by atoms with Gasteiger partial charge in [-0.2, -0.15) is 0 Å². The van der Waals surface area contributed by atoms with Crippen molar-refractivity contribution in [3.05, 3.63) is 35.4 Å². The second-order valence-corrected chi connectivity index (χ2v) is 4.13. The average molecular weight is 218 g/mol. The molecule has 1 aliphatic rings. The van der Waals surface area contributed by atoms with Crippen molar-refractivity contribution < 1.29 is 9.59 Å². The number of nitrogens with zero attached hydrogens (tertiary/aromatic N) is 1. The van der Waals surface area contributed by atoms with Gasteiger partial charge in [0.1, 0.15) is 0 Å². The van der Waals surface area contributed by atoms with Gasteiger partial charge >= 0.3 is 0 Å². The number of amides is 2. The van der Waals surface area contributed by atoms with Crippen LogP contribution in [0.5, 0.6) is 0 Å². The molecule has 2 rings (SSSR count). The smallest absolute Gasteiger partial charge is 0.261 e. The summed E-state index contributed by atoms with van der Waals surface area (Å²) in [6.45, 7) is 3.57. The number of nitrogens with two attached hydrogens (primary N) is 1. The van der Waals surface area contributed by atoms with E-state index in [-0.39, 0.29) is 23.9 Å². The number of hydrogen-bond acceptors (Lipinski definition) is 3. The van der Waals surface area contributed by atoms with Crippen molar-refractivity contribution in [1.82, 2.24) is 4.90 Å². The molecule has 4 nitrogen and oxygen atoms in total. The fourth-order valence-corrected chi connectivity index (χ4v) is 1.81. The molecule has 0 aliphatic carbocycles. The quantitative estimate of drug-likeness (QED) is 0.754. The summed E-state index contributed by atoms with van der Waals surface area (Å²) in [6.07, 6.45) is 0. The largest absolute Gasteiger partial charge is 0.326 e. The molecule has 0 saturated carbocycles. The Bertz CT molecular complexity index is 419. The van der Waals surface area contributed by atoms with Gasteiger partial charge in [-0.15, -0.1) is 0 Å². The first kappa shape index (κ1) is 10.8. The van der Waals surface area contributed by atoms with E-state index < -0.39 is 0 Å². The molecule has 1 heterocycles. The van der Waals surface area contributed by atoms with Gasteiger partial charge in [0.25, 0.3) is 11.8 Å². The van der Waals surface area contributed by atoms with Crippen LogP contribution in [-0.4, -0.2) is 28.8 Å². The Morgan fingerprint density at radius 1 is 1.06 bits per heavy atom. The summed E-state index contributed by atoms with van der Waals surface area (Å²) in [6, 6.07) is 6.33. The summed E-state index contributed by atoms with van der Waals surface area (Å²) >= 11 is 0. The van der Waals surface area contributed by atoms with Crippen LogP contribution in [-0.2, 0) is 0 Å². The predicted octanol–water partition coefficient (Wildman–Crippen LogP) is 1.02. The van der Waals surface area contributed by atoms with E-state index in [9.17, 15) is 9.59 Å². The molecule has 1 aliphatic heterocycles. The van der Waals surface area contributed by atoms with E-state index in [1.54, 1.807) is 38.1 Å². The van der Waals surface area contributed by atoms with Crippen molar-refractivity contribution in [2.75, 3.05) is 0 Å². The molecule has 0 fully saturated rings. The first-order valence-electron chi connectivity index (χ1n) is 5.26. The Kier molecular flexibility index (Phi) is 2.52. The number of carbonyl (C=O) groups is 2. The van der Waals surface area contributed by atoms with Gasteiger partial charge in [0.2, 0.25) is 0 Å². The van der Waals surface area contributed by atoms with Gasteiger partial charge in [0.15, 0.2) is 0 Å². The van der Waals surface area contributed by atoms with Crippen LogP contribution in [0.3, 0.4) is 0 Å². The fourth-order valence-electron chi connectivity index (χ4n) is 1.81. The highest BCUT2D eigenvalue weighted by molar-refractivity contribution is 6.21. The third-order valence-electron chi connectivity index (χ3n) is 2.99. The van der Waals surface area contributed by atoms with E-state index in [0.717, 1.165) is 0 Å². The molecule has 0 bridgehead atoms. The van der Waals surface area contributed by atoms with Gasteiger partial charge in [-0.3, -0.25) is 14.5 Å². The minimum atomic E-state index is -0.285. The van der Waals surface area contributed by atoms with Crippen LogP contribution in [0.25, 0.3) is 0 Å². The minimum absolute atomic E-state index is 0.234. The number of hydrogen-bond donors (Lipinski definition) is 1. The van der Waals surface area contributed by atoms with Gasteiger partial charge in [-0.1, -0.05) is 12.1 Å². The Morgan fingerprint density at radius 2 is 1.50 bits per heavy atom. The number of fused-ring (bicyclic) bond motifs is 1. The van der Waals surface area contributed by atoms with Crippen LogP contribution < -0.4 is 5.73 Å². The lowest BCUT2D eigenvalue weighted by Crippen LogP contribution is -2.47. The second-order valence-electron chi connectivity index (χ2n) is 4.13. The van der Waals surface area contributed by atoms with Crippen LogP contribution >= 0.6 is 0 Å². The highest BCUT2D eigenvalue weighted by atomic mass is 16.2. The van der Waals surface area contributed by atoms with Crippen molar-refractivity contribution in [1.29, 1.82) is 0 Å². The van der Waals surface area contributed by atoms with Crippen molar-refractivity contribution in [3.63, 3.8) is 0 Å². The lowest BCUT2D eigenvalue weighted by Gasteiger charge is -2.25. The number of benzene rings is 1. The topological polar surface area (TPSA) is 63.4 Å². The zero-order valence-corrected chi connectivity index (χ0v) is 9.31. The molecular weight excluding hydrogens is 204 g/mol. The molecule has 0 spiro atoms. The van der Waals surface area contributed by atoms with E-state index in [1.807, 2.05) is 0 Å². The van der Waals surface area contributed by atoms with Gasteiger partial charge in [-0.25, -0.2) is 0 Å². The number of rotatable bonds is 2. The third kappa shape index (κ3) is 1.42. The Labute approximate surface area is 94.0 Å². The summed E-state index contributed by atoms with van der Waals surface area (Å²) in [4.78, 5) is 25.3. The van der Waals surface area contributed by atoms with Gasteiger partial charge in [0, 0.05) is 6.04 Å². The normalized spacial score (nSPS) is 18.6. The maximum atomic E-state index is 12.0. The first-order chi connectivity index (χ1) is 7.54. The summed E-state index contributed by atoms with van der Waals surface area (Å²) in [5.41, 5.74) is 6.67. The molecule has 4 heteroatoms. The second kappa shape index (κ2) is 3.72. The van der Waals surface area contributed by atoms with Crippen LogP contribution in [0.15, 0.2) is 24.3 Å². The maximum Gasteiger partial charge on any atom is 0.261 e. The molecule has 2 atom stereocenters. The molecule has 84 valence electrons. The first-order valence-corrected chi connectivity index (χ1v) is 5.26. The summed E-state index contributed by atoms with van der Waals surface area (Å²) in [5.74, 6) is -0.490. The van der Waals surface area contributed by atoms with Crippen molar-refractivity contribution in [2.45, 2.75) is 25.9 Å². The van der Waals surface area contributed by atoms with Crippen molar-refractivity contribution >= 4 is 11.8 Å². The standard InChI is InChI=1S/C12H14N2O2/c1-7(13)8(2)14-11(15)9-5-3-4-6-10(9)12(14)16/h3-8H,13H2,1-2H3/t7-,8+/m1/s1. The summed E-state index contributed by atoms with van der Waals surface area (Å²) in [5, 5.41) is 0. The SMILES string of the molecule is C[C@@H](N)[C@H](C)N1C(=O)c2ccccc2C1=O. The Balaban J connectivity index is 2.43. The lowest BCUT2D eigenvalue weighted by atomic mass is 10.1. The summed E-state index contributed by atoms with van der Waals surface area (Å²) in [7, 11) is 0. The van der Waals surface area contributed by atoms with E-state index >= 15 is 0 Å². The van der Waals surface area contributed by atoms with Crippen LogP contribution in [0.1, 0.15) is 34.6 Å². The van der Waals surface area contributed by atoms with Crippen molar-refractivity contribution in [3.8, 4) is 0 Å². The molecule has 1 aromatic rings. The monoisotopic (exact) mass is 218 g/mol. The molecule has 1 aromatic carbocycles. The molecular formula is C12H14N2O2. The highest BCUT2D eigenvalue weighted by Crippen LogP contribution is 2.24. The zero-order valence-electron chi connectivity index (χ0n) is 9.31. The van der Waals surface area contributed by atoms with E-state index in [2.05, 4.69) is 0 Å². The van der Waals surface area contributed by atoms with E-state index in [4.69, 9.17) is 5.73 Å². The third-order valence-corrected chi connectivity index (χ3v) is 2.99. The average Bonchev–Trinajstić information content (AvgIpc) is 2.52. The Hall–Kier alpha value is -1.68. The molecule has 0 aromatic heterocycles. The van der Waals surface area contributed by atoms with Gasteiger partial charge in [-0.05, 0) is 26.0 Å². The van der Waals surface area contributed by atoms with Crippen LogP contribution in [0.2, 0.25) is 0 Å². The van der Waals surface area contributed by atoms with E-state index in [1.165, 1.54) is 4.90 Å². The summed E-state index contributed by atoms with van der Waals surface area (Å²) < 4.78 is 0. The molecule has 2 N–H and O–H groups in total. The van der Waals surface area contributed by atoms with E-state index in [0.29, 0.717) is 11.1 Å². The molecule has 0 saturated heterocycles. The highest BCUT2D eigenvalue weighted by Gasteiger charge is 2.38. The lowest BCUT2D eigenvalue weighted by molar-refractivity contribution is 0.0580. The molecule has 0 radical (unpaired) electrons. The molecule has 2 amide bonds. The minimum Gasteiger partial charge on any atom is -0.326 e. The van der Waals surface area contributed by atoms with Crippen LogP contribution in [0, 0.1) is 0 Å².